The topological polar surface area (TPSA) is 75.6 Å². The van der Waals surface area contributed by atoms with E-state index in [1.54, 1.807) is 0 Å². The molecule has 5 nitrogen and oxygen atoms in total. The van der Waals surface area contributed by atoms with Crippen molar-refractivity contribution in [1.29, 1.82) is 0 Å². The van der Waals surface area contributed by atoms with E-state index in [0.29, 0.717) is 13.0 Å². The maximum Gasteiger partial charge on any atom is 0.213 e. The lowest BCUT2D eigenvalue weighted by Crippen LogP contribution is -2.26. The van der Waals surface area contributed by atoms with E-state index in [4.69, 9.17) is 4.74 Å². The van der Waals surface area contributed by atoms with Gasteiger partial charge in [-0.05, 0) is 25.5 Å². The van der Waals surface area contributed by atoms with Gasteiger partial charge < -0.3 is 15.2 Å². The lowest BCUT2D eigenvalue weighted by molar-refractivity contribution is 0.0963. The number of hydrogen-bond acceptors (Lipinski definition) is 5. The predicted molar refractivity (Wildman–Crippen MR) is 70.4 cm³/mol. The van der Waals surface area contributed by atoms with Crippen molar-refractivity contribution in [2.75, 3.05) is 19.3 Å². The fourth-order valence-electron chi connectivity index (χ4n) is 1.83. The van der Waals surface area contributed by atoms with E-state index in [2.05, 4.69) is 11.9 Å². The maximum atomic E-state index is 11.5. The highest BCUT2D eigenvalue weighted by Gasteiger charge is 2.27. The Balaban J connectivity index is 2.70. The molecule has 1 saturated heterocycles. The van der Waals surface area contributed by atoms with Gasteiger partial charge in [-0.2, -0.15) is 0 Å². The van der Waals surface area contributed by atoms with Crippen LogP contribution in [0.2, 0.25) is 0 Å². The SMILES string of the molecule is C=C(O/C(=C\CC)S(C)(=O)=O)C(O)C1CCNC1. The van der Waals surface area contributed by atoms with Gasteiger partial charge in [-0.15, -0.1) is 0 Å². The molecule has 0 radical (unpaired) electrons. The molecular weight excluding hydrogens is 254 g/mol. The Bertz CT molecular complexity index is 421. The molecule has 2 atom stereocenters. The largest absolute Gasteiger partial charge is 0.448 e. The van der Waals surface area contributed by atoms with Crippen LogP contribution in [0.3, 0.4) is 0 Å². The van der Waals surface area contributed by atoms with Crippen molar-refractivity contribution < 1.29 is 18.3 Å². The van der Waals surface area contributed by atoms with Crippen LogP contribution < -0.4 is 5.32 Å². The first-order valence-electron chi connectivity index (χ1n) is 6.02. The van der Waals surface area contributed by atoms with Crippen LogP contribution >= 0.6 is 0 Å². The molecule has 0 aliphatic carbocycles. The Labute approximate surface area is 108 Å². The summed E-state index contributed by atoms with van der Waals surface area (Å²) in [5.74, 6) is 0.119. The summed E-state index contributed by atoms with van der Waals surface area (Å²) in [5, 5.41) is 13.0. The summed E-state index contributed by atoms with van der Waals surface area (Å²) in [4.78, 5) is 0. The molecule has 2 unspecified atom stereocenters. The summed E-state index contributed by atoms with van der Waals surface area (Å²) in [5.41, 5.74) is 0. The van der Waals surface area contributed by atoms with Crippen LogP contribution in [-0.2, 0) is 14.6 Å². The lowest BCUT2D eigenvalue weighted by Gasteiger charge is -2.20. The smallest absolute Gasteiger partial charge is 0.213 e. The van der Waals surface area contributed by atoms with Gasteiger partial charge in [0.05, 0.1) is 0 Å². The van der Waals surface area contributed by atoms with Crippen molar-refractivity contribution in [2.45, 2.75) is 25.9 Å². The van der Waals surface area contributed by atoms with Crippen LogP contribution in [0.15, 0.2) is 23.5 Å². The molecule has 1 aliphatic heterocycles. The summed E-state index contributed by atoms with van der Waals surface area (Å²) < 4.78 is 28.2. The molecule has 6 heteroatoms. The van der Waals surface area contributed by atoms with E-state index in [9.17, 15) is 13.5 Å². The molecule has 0 saturated carbocycles. The van der Waals surface area contributed by atoms with Gasteiger partial charge in [0.1, 0.15) is 11.9 Å². The van der Waals surface area contributed by atoms with E-state index >= 15 is 0 Å². The van der Waals surface area contributed by atoms with E-state index in [0.717, 1.165) is 19.2 Å². The summed E-state index contributed by atoms with van der Waals surface area (Å²) >= 11 is 0. The van der Waals surface area contributed by atoms with Crippen LogP contribution in [0, 0.1) is 5.92 Å². The minimum atomic E-state index is -3.43. The Morgan fingerprint density at radius 1 is 1.67 bits per heavy atom. The molecule has 0 spiro atoms. The molecule has 0 aromatic heterocycles. The zero-order valence-corrected chi connectivity index (χ0v) is 11.7. The third-order valence-electron chi connectivity index (χ3n) is 2.84. The summed E-state index contributed by atoms with van der Waals surface area (Å²) in [6, 6.07) is 0. The molecule has 2 N–H and O–H groups in total. The Morgan fingerprint density at radius 2 is 2.33 bits per heavy atom. The maximum absolute atomic E-state index is 11.5. The van der Waals surface area contributed by atoms with Gasteiger partial charge in [0, 0.05) is 18.7 Å². The second kappa shape index (κ2) is 6.36. The van der Waals surface area contributed by atoms with Crippen LogP contribution in [0.5, 0.6) is 0 Å². The Hall–Kier alpha value is -0.850. The monoisotopic (exact) mass is 275 g/mol. The van der Waals surface area contributed by atoms with Crippen LogP contribution in [-0.4, -0.2) is 39.0 Å². The number of ether oxygens (including phenoxy) is 1. The van der Waals surface area contributed by atoms with Gasteiger partial charge in [0.25, 0.3) is 0 Å². The first-order valence-corrected chi connectivity index (χ1v) is 7.91. The number of aliphatic hydroxyl groups is 1. The first kappa shape index (κ1) is 15.2. The fourth-order valence-corrected chi connectivity index (χ4v) is 2.56. The summed E-state index contributed by atoms with van der Waals surface area (Å²) in [6.45, 7) is 6.98. The first-order chi connectivity index (χ1) is 8.36. The van der Waals surface area contributed by atoms with Gasteiger partial charge >= 0.3 is 0 Å². The molecule has 1 aliphatic rings. The minimum Gasteiger partial charge on any atom is -0.448 e. The normalized spacial score (nSPS) is 22.8. The molecule has 1 fully saturated rings. The van der Waals surface area contributed by atoms with E-state index in [-0.39, 0.29) is 16.8 Å². The summed E-state index contributed by atoms with van der Waals surface area (Å²) in [6.07, 6.45) is 3.07. The van der Waals surface area contributed by atoms with Crippen LogP contribution in [0.1, 0.15) is 19.8 Å². The van der Waals surface area contributed by atoms with Crippen molar-refractivity contribution >= 4 is 9.84 Å². The molecule has 0 aromatic carbocycles. The number of sulfone groups is 1. The van der Waals surface area contributed by atoms with Crippen molar-refractivity contribution in [3.63, 3.8) is 0 Å². The number of rotatable bonds is 6. The lowest BCUT2D eigenvalue weighted by atomic mass is 10.0. The molecular formula is C12H21NO4S. The predicted octanol–water partition coefficient (Wildman–Crippen LogP) is 0.783. The standard InChI is InChI=1S/C12H21NO4S/c1-4-5-11(18(3,15)16)17-9(2)12(14)10-6-7-13-8-10/h5,10,12-14H,2,4,6-8H2,1,3H3/b11-5+. The van der Waals surface area contributed by atoms with Crippen molar-refractivity contribution in [3.8, 4) is 0 Å². The van der Waals surface area contributed by atoms with Gasteiger partial charge in [-0.1, -0.05) is 13.5 Å². The number of aliphatic hydroxyl groups excluding tert-OH is 1. The number of allylic oxidation sites excluding steroid dienone is 1. The zero-order valence-electron chi connectivity index (χ0n) is 10.8. The summed E-state index contributed by atoms with van der Waals surface area (Å²) in [7, 11) is -3.43. The van der Waals surface area contributed by atoms with Gasteiger partial charge in [-0.3, -0.25) is 0 Å². The van der Waals surface area contributed by atoms with Crippen molar-refractivity contribution in [2.24, 2.45) is 5.92 Å². The molecule has 0 aromatic rings. The minimum absolute atomic E-state index is 0.0277. The van der Waals surface area contributed by atoms with Gasteiger partial charge in [0.15, 0.2) is 0 Å². The van der Waals surface area contributed by atoms with Crippen LogP contribution in [0.25, 0.3) is 0 Å². The highest BCUT2D eigenvalue weighted by molar-refractivity contribution is 7.94. The number of hydrogen-bond donors (Lipinski definition) is 2. The molecule has 0 bridgehead atoms. The van der Waals surface area contributed by atoms with Crippen LogP contribution in [0.4, 0.5) is 0 Å². The second-order valence-corrected chi connectivity index (χ2v) is 6.42. The molecule has 1 heterocycles. The zero-order chi connectivity index (χ0) is 13.8. The fraction of sp³-hybridized carbons (Fsp3) is 0.667. The highest BCUT2D eigenvalue weighted by atomic mass is 32.2. The Morgan fingerprint density at radius 3 is 2.78 bits per heavy atom. The van der Waals surface area contributed by atoms with Crippen molar-refractivity contribution in [1.82, 2.24) is 5.32 Å². The van der Waals surface area contributed by atoms with Gasteiger partial charge in [-0.25, -0.2) is 8.42 Å². The molecule has 18 heavy (non-hydrogen) atoms. The molecule has 0 amide bonds. The Kier molecular flexibility index (Phi) is 5.37. The third kappa shape index (κ3) is 4.12. The highest BCUT2D eigenvalue weighted by Crippen LogP contribution is 2.22. The van der Waals surface area contributed by atoms with E-state index < -0.39 is 15.9 Å². The molecule has 104 valence electrons. The van der Waals surface area contributed by atoms with E-state index in [1.165, 1.54) is 6.08 Å². The van der Waals surface area contributed by atoms with Gasteiger partial charge in [0.2, 0.25) is 14.9 Å². The average Bonchev–Trinajstić information content (AvgIpc) is 2.79. The average molecular weight is 275 g/mol. The van der Waals surface area contributed by atoms with E-state index in [1.807, 2.05) is 6.92 Å². The van der Waals surface area contributed by atoms with Crippen molar-refractivity contribution in [3.05, 3.63) is 23.5 Å². The third-order valence-corrected chi connectivity index (χ3v) is 3.82. The second-order valence-electron chi connectivity index (χ2n) is 4.47. The molecule has 1 rings (SSSR count). The number of nitrogens with one attached hydrogen (secondary N) is 1. The quantitative estimate of drug-likeness (QED) is 0.701.